The fraction of sp³-hybridized carbons (Fsp3) is 0.333. The van der Waals surface area contributed by atoms with Crippen LogP contribution in [-0.2, 0) is 6.54 Å². The van der Waals surface area contributed by atoms with Gasteiger partial charge in [-0.15, -0.1) is 6.42 Å². The minimum Gasteiger partial charge on any atom is -0.334 e. The number of amides is 2. The number of urea groups is 1. The van der Waals surface area contributed by atoms with Crippen LogP contribution >= 0.6 is 0 Å². The van der Waals surface area contributed by atoms with Crippen molar-refractivity contribution in [1.29, 1.82) is 0 Å². The highest BCUT2D eigenvalue weighted by Crippen LogP contribution is 2.00. The molecule has 1 aromatic rings. The largest absolute Gasteiger partial charge is 0.334 e. The van der Waals surface area contributed by atoms with Gasteiger partial charge in [0.2, 0.25) is 0 Å². The quantitative estimate of drug-likeness (QED) is 0.597. The maximum absolute atomic E-state index is 11.1. The first-order chi connectivity index (χ1) is 6.74. The number of aromatic amines is 1. The Labute approximate surface area is 82.3 Å². The summed E-state index contributed by atoms with van der Waals surface area (Å²) in [6.45, 7) is 2.57. The van der Waals surface area contributed by atoms with E-state index in [0.29, 0.717) is 6.54 Å². The molecule has 14 heavy (non-hydrogen) atoms. The maximum atomic E-state index is 11.1. The van der Waals surface area contributed by atoms with Crippen LogP contribution in [0.25, 0.3) is 0 Å². The number of rotatable bonds is 3. The molecule has 5 nitrogen and oxygen atoms in total. The number of H-pyrrole nitrogens is 1. The Bertz CT molecular complexity index is 350. The van der Waals surface area contributed by atoms with Crippen LogP contribution in [0.5, 0.6) is 0 Å². The second-order valence-electron chi connectivity index (χ2n) is 2.76. The molecule has 0 saturated heterocycles. The Kier molecular flexibility index (Phi) is 3.56. The van der Waals surface area contributed by atoms with Gasteiger partial charge in [0.1, 0.15) is 0 Å². The van der Waals surface area contributed by atoms with E-state index < -0.39 is 0 Å². The number of aromatic nitrogens is 2. The lowest BCUT2D eigenvalue weighted by atomic mass is 10.3. The molecular weight excluding hydrogens is 180 g/mol. The summed E-state index contributed by atoms with van der Waals surface area (Å²) in [5.74, 6) is 2.31. The van der Waals surface area contributed by atoms with Gasteiger partial charge in [-0.05, 0) is 6.92 Å². The van der Waals surface area contributed by atoms with Gasteiger partial charge in [0.05, 0.1) is 12.7 Å². The van der Waals surface area contributed by atoms with Crippen molar-refractivity contribution in [2.45, 2.75) is 13.5 Å². The zero-order chi connectivity index (χ0) is 10.4. The number of hydrogen-bond donors (Lipinski definition) is 3. The summed E-state index contributed by atoms with van der Waals surface area (Å²) in [6, 6.07) is -0.274. The minimum absolute atomic E-state index is 0.232. The van der Waals surface area contributed by atoms with Gasteiger partial charge in [-0.2, -0.15) is 5.10 Å². The molecule has 0 radical (unpaired) electrons. The van der Waals surface area contributed by atoms with Crippen LogP contribution in [0.2, 0.25) is 0 Å². The molecule has 0 fully saturated rings. The topological polar surface area (TPSA) is 69.8 Å². The third-order valence-corrected chi connectivity index (χ3v) is 1.72. The predicted octanol–water partition coefficient (Wildman–Crippen LogP) is 0.151. The van der Waals surface area contributed by atoms with Crippen LogP contribution < -0.4 is 10.6 Å². The Morgan fingerprint density at radius 1 is 1.71 bits per heavy atom. The Morgan fingerprint density at radius 3 is 3.07 bits per heavy atom. The second-order valence-corrected chi connectivity index (χ2v) is 2.76. The van der Waals surface area contributed by atoms with Gasteiger partial charge in [0.15, 0.2) is 0 Å². The van der Waals surface area contributed by atoms with Gasteiger partial charge in [0.25, 0.3) is 0 Å². The number of carbonyl (C=O) groups excluding carboxylic acids is 1. The normalized spacial score (nSPS) is 9.14. The maximum Gasteiger partial charge on any atom is 0.315 e. The van der Waals surface area contributed by atoms with Crippen molar-refractivity contribution >= 4 is 6.03 Å². The zero-order valence-corrected chi connectivity index (χ0v) is 7.92. The van der Waals surface area contributed by atoms with Crippen molar-refractivity contribution in [2.75, 3.05) is 6.54 Å². The molecule has 0 unspecified atom stereocenters. The fourth-order valence-electron chi connectivity index (χ4n) is 0.923. The molecule has 0 bridgehead atoms. The van der Waals surface area contributed by atoms with Crippen molar-refractivity contribution in [3.63, 3.8) is 0 Å². The standard InChI is InChI=1S/C9H12N4O/c1-3-4-10-9(14)11-5-8-6-12-13-7(8)2/h1,6H,4-5H2,2H3,(H,12,13)(H2,10,11,14). The summed E-state index contributed by atoms with van der Waals surface area (Å²) in [5.41, 5.74) is 1.91. The first kappa shape index (κ1) is 10.1. The summed E-state index contributed by atoms with van der Waals surface area (Å²) in [5, 5.41) is 11.8. The van der Waals surface area contributed by atoms with Gasteiger partial charge in [-0.1, -0.05) is 5.92 Å². The molecule has 0 saturated carbocycles. The van der Waals surface area contributed by atoms with E-state index in [2.05, 4.69) is 26.8 Å². The zero-order valence-electron chi connectivity index (χ0n) is 7.92. The van der Waals surface area contributed by atoms with Gasteiger partial charge in [-0.25, -0.2) is 4.79 Å². The minimum atomic E-state index is -0.274. The van der Waals surface area contributed by atoms with E-state index in [1.165, 1.54) is 0 Å². The number of nitrogens with one attached hydrogen (secondary N) is 3. The van der Waals surface area contributed by atoms with Crippen LogP contribution in [0.1, 0.15) is 11.3 Å². The van der Waals surface area contributed by atoms with Gasteiger partial charge >= 0.3 is 6.03 Å². The molecule has 5 heteroatoms. The number of hydrogen-bond acceptors (Lipinski definition) is 2. The average Bonchev–Trinajstić information content (AvgIpc) is 2.58. The van der Waals surface area contributed by atoms with Crippen LogP contribution in [0.3, 0.4) is 0 Å². The molecule has 1 aromatic heterocycles. The summed E-state index contributed by atoms with van der Waals surface area (Å²) in [7, 11) is 0. The summed E-state index contributed by atoms with van der Waals surface area (Å²) in [6.07, 6.45) is 6.66. The molecule has 0 aliphatic carbocycles. The third-order valence-electron chi connectivity index (χ3n) is 1.72. The number of nitrogens with zero attached hydrogens (tertiary/aromatic N) is 1. The van der Waals surface area contributed by atoms with Crippen molar-refractivity contribution in [1.82, 2.24) is 20.8 Å². The van der Waals surface area contributed by atoms with E-state index in [1.54, 1.807) is 6.20 Å². The Balaban J connectivity index is 2.31. The van der Waals surface area contributed by atoms with Crippen molar-refractivity contribution in [3.8, 4) is 12.3 Å². The molecule has 0 aliphatic rings. The molecule has 1 rings (SSSR count). The highest BCUT2D eigenvalue weighted by atomic mass is 16.2. The third kappa shape index (κ3) is 2.83. The Hall–Kier alpha value is -1.96. The summed E-state index contributed by atoms with van der Waals surface area (Å²) in [4.78, 5) is 11.1. The summed E-state index contributed by atoms with van der Waals surface area (Å²) >= 11 is 0. The first-order valence-corrected chi connectivity index (χ1v) is 4.18. The fourth-order valence-corrected chi connectivity index (χ4v) is 0.923. The molecule has 1 heterocycles. The van der Waals surface area contributed by atoms with Crippen molar-refractivity contribution < 1.29 is 4.79 Å². The van der Waals surface area contributed by atoms with Crippen LogP contribution in [0.4, 0.5) is 4.79 Å². The molecule has 0 aromatic carbocycles. The predicted molar refractivity (Wildman–Crippen MR) is 52.4 cm³/mol. The van der Waals surface area contributed by atoms with Crippen molar-refractivity contribution in [3.05, 3.63) is 17.5 Å². The van der Waals surface area contributed by atoms with E-state index in [0.717, 1.165) is 11.3 Å². The second kappa shape index (κ2) is 4.92. The van der Waals surface area contributed by atoms with Gasteiger partial charge in [-0.3, -0.25) is 5.10 Å². The number of terminal acetylenes is 1. The molecule has 0 atom stereocenters. The molecule has 3 N–H and O–H groups in total. The van der Waals surface area contributed by atoms with E-state index in [1.807, 2.05) is 6.92 Å². The van der Waals surface area contributed by atoms with Crippen LogP contribution in [0, 0.1) is 19.3 Å². The molecule has 2 amide bonds. The smallest absolute Gasteiger partial charge is 0.315 e. The first-order valence-electron chi connectivity index (χ1n) is 4.18. The van der Waals surface area contributed by atoms with E-state index in [9.17, 15) is 4.79 Å². The Morgan fingerprint density at radius 2 is 2.50 bits per heavy atom. The van der Waals surface area contributed by atoms with Gasteiger partial charge < -0.3 is 10.6 Å². The van der Waals surface area contributed by atoms with Crippen LogP contribution in [0.15, 0.2) is 6.20 Å². The summed E-state index contributed by atoms with van der Waals surface area (Å²) < 4.78 is 0. The highest BCUT2D eigenvalue weighted by molar-refractivity contribution is 5.74. The lowest BCUT2D eigenvalue weighted by molar-refractivity contribution is 0.241. The van der Waals surface area contributed by atoms with Crippen LogP contribution in [-0.4, -0.2) is 22.8 Å². The average molecular weight is 192 g/mol. The molecular formula is C9H12N4O. The van der Waals surface area contributed by atoms with Crippen molar-refractivity contribution in [2.24, 2.45) is 0 Å². The number of carbonyl (C=O) groups is 1. The number of aryl methyl sites for hydroxylation is 1. The monoisotopic (exact) mass is 192 g/mol. The van der Waals surface area contributed by atoms with E-state index in [4.69, 9.17) is 6.42 Å². The van der Waals surface area contributed by atoms with E-state index >= 15 is 0 Å². The SMILES string of the molecule is C#CCNC(=O)NCc1cn[nH]c1C. The highest BCUT2D eigenvalue weighted by Gasteiger charge is 2.02. The van der Waals surface area contributed by atoms with Gasteiger partial charge in [0, 0.05) is 17.8 Å². The van der Waals surface area contributed by atoms with E-state index in [-0.39, 0.29) is 12.6 Å². The molecule has 74 valence electrons. The molecule has 0 spiro atoms. The lowest BCUT2D eigenvalue weighted by Crippen LogP contribution is -2.35. The molecule has 0 aliphatic heterocycles. The lowest BCUT2D eigenvalue weighted by Gasteiger charge is -2.03.